The predicted molar refractivity (Wildman–Crippen MR) is 108 cm³/mol. The fraction of sp³-hybridized carbons (Fsp3) is 0.455. The number of hydrogen-bond acceptors (Lipinski definition) is 5. The Hall–Kier alpha value is -2.60. The van der Waals surface area contributed by atoms with Crippen molar-refractivity contribution in [2.45, 2.75) is 66.1 Å². The lowest BCUT2D eigenvalue weighted by atomic mass is 9.98. The SMILES string of the molecule is CC(C)=CCc1cc(C(=O)O[C@H](C)[C@@](C)(O)C(=O)O)cc(CC=C(C)C)c1O. The van der Waals surface area contributed by atoms with Crippen LogP contribution in [-0.4, -0.2) is 39.0 Å². The van der Waals surface area contributed by atoms with Crippen molar-refractivity contribution in [2.75, 3.05) is 0 Å². The normalized spacial score (nSPS) is 13.8. The molecule has 0 saturated carbocycles. The van der Waals surface area contributed by atoms with Gasteiger partial charge in [0.2, 0.25) is 0 Å². The van der Waals surface area contributed by atoms with E-state index in [1.807, 2.05) is 39.8 Å². The summed E-state index contributed by atoms with van der Waals surface area (Å²) in [5, 5.41) is 29.6. The number of ether oxygens (including phenoxy) is 1. The maximum absolute atomic E-state index is 12.6. The second-order valence-corrected chi connectivity index (χ2v) is 7.61. The van der Waals surface area contributed by atoms with Crippen LogP contribution in [0.5, 0.6) is 5.75 Å². The number of aliphatic carboxylic acids is 1. The van der Waals surface area contributed by atoms with Crippen LogP contribution in [0.4, 0.5) is 0 Å². The zero-order valence-electron chi connectivity index (χ0n) is 17.4. The molecule has 0 bridgehead atoms. The first kappa shape index (κ1) is 23.4. The molecule has 154 valence electrons. The zero-order valence-corrected chi connectivity index (χ0v) is 17.4. The number of benzene rings is 1. The molecule has 0 saturated heterocycles. The number of aliphatic hydroxyl groups is 1. The van der Waals surface area contributed by atoms with Crippen molar-refractivity contribution >= 4 is 11.9 Å². The smallest absolute Gasteiger partial charge is 0.339 e. The van der Waals surface area contributed by atoms with Crippen LogP contribution in [0.15, 0.2) is 35.4 Å². The summed E-state index contributed by atoms with van der Waals surface area (Å²) in [5.74, 6) is -2.12. The van der Waals surface area contributed by atoms with Gasteiger partial charge in [0.1, 0.15) is 11.9 Å². The minimum absolute atomic E-state index is 0.122. The van der Waals surface area contributed by atoms with Crippen molar-refractivity contribution in [2.24, 2.45) is 0 Å². The summed E-state index contributed by atoms with van der Waals surface area (Å²) >= 11 is 0. The first-order valence-corrected chi connectivity index (χ1v) is 9.14. The van der Waals surface area contributed by atoms with Gasteiger partial charge in [-0.15, -0.1) is 0 Å². The van der Waals surface area contributed by atoms with E-state index in [-0.39, 0.29) is 11.3 Å². The molecule has 0 aliphatic carbocycles. The van der Waals surface area contributed by atoms with E-state index >= 15 is 0 Å². The maximum Gasteiger partial charge on any atom is 0.339 e. The number of esters is 1. The number of hydrogen-bond donors (Lipinski definition) is 3. The summed E-state index contributed by atoms with van der Waals surface area (Å²) in [7, 11) is 0. The van der Waals surface area contributed by atoms with Crippen LogP contribution in [0, 0.1) is 0 Å². The van der Waals surface area contributed by atoms with Crippen molar-refractivity contribution in [3.63, 3.8) is 0 Å². The summed E-state index contributed by atoms with van der Waals surface area (Å²) < 4.78 is 5.18. The predicted octanol–water partition coefficient (Wildman–Crippen LogP) is 3.79. The van der Waals surface area contributed by atoms with Crippen molar-refractivity contribution < 1.29 is 29.6 Å². The van der Waals surface area contributed by atoms with Crippen molar-refractivity contribution in [1.29, 1.82) is 0 Å². The molecule has 0 aromatic heterocycles. The van der Waals surface area contributed by atoms with E-state index in [9.17, 15) is 19.8 Å². The zero-order chi connectivity index (χ0) is 21.6. The molecule has 3 N–H and O–H groups in total. The van der Waals surface area contributed by atoms with Crippen molar-refractivity contribution in [1.82, 2.24) is 0 Å². The van der Waals surface area contributed by atoms with E-state index in [1.165, 1.54) is 19.1 Å². The molecule has 28 heavy (non-hydrogen) atoms. The minimum Gasteiger partial charge on any atom is -0.507 e. The second-order valence-electron chi connectivity index (χ2n) is 7.61. The molecule has 0 radical (unpaired) electrons. The standard InChI is InChI=1S/C22H30O6/c1-13(2)7-9-16-11-18(12-17(19(16)23)10-8-14(3)4)20(24)28-15(5)22(6,27)21(25)26/h7-8,11-12,15,23,27H,9-10H2,1-6H3,(H,25,26)/t15-,22-/m1/s1. The third-order valence-electron chi connectivity index (χ3n) is 4.47. The van der Waals surface area contributed by atoms with Gasteiger partial charge in [0.05, 0.1) is 5.56 Å². The lowest BCUT2D eigenvalue weighted by Gasteiger charge is -2.25. The molecule has 0 spiro atoms. The molecular weight excluding hydrogens is 360 g/mol. The van der Waals surface area contributed by atoms with Gasteiger partial charge < -0.3 is 20.1 Å². The van der Waals surface area contributed by atoms with Gasteiger partial charge in [-0.2, -0.15) is 0 Å². The molecule has 0 unspecified atom stereocenters. The first-order valence-electron chi connectivity index (χ1n) is 9.14. The molecule has 1 aromatic rings. The quantitative estimate of drug-likeness (QED) is 0.461. The van der Waals surface area contributed by atoms with E-state index < -0.39 is 23.6 Å². The fourth-order valence-corrected chi connectivity index (χ4v) is 2.33. The highest BCUT2D eigenvalue weighted by Crippen LogP contribution is 2.28. The number of aromatic hydroxyl groups is 1. The Morgan fingerprint density at radius 1 is 1.07 bits per heavy atom. The largest absolute Gasteiger partial charge is 0.507 e. The lowest BCUT2D eigenvalue weighted by molar-refractivity contribution is -0.167. The summed E-state index contributed by atoms with van der Waals surface area (Å²) in [6, 6.07) is 3.07. The van der Waals surface area contributed by atoms with Gasteiger partial charge in [-0.05, 0) is 77.6 Å². The van der Waals surface area contributed by atoms with E-state index in [0.29, 0.717) is 24.0 Å². The van der Waals surface area contributed by atoms with E-state index in [4.69, 9.17) is 9.84 Å². The molecule has 0 aliphatic rings. The van der Waals surface area contributed by atoms with Gasteiger partial charge >= 0.3 is 11.9 Å². The highest BCUT2D eigenvalue weighted by molar-refractivity contribution is 5.91. The number of carbonyl (C=O) groups excluding carboxylic acids is 1. The van der Waals surface area contributed by atoms with Crippen LogP contribution in [0.25, 0.3) is 0 Å². The van der Waals surface area contributed by atoms with Gasteiger partial charge in [0.15, 0.2) is 5.60 Å². The van der Waals surface area contributed by atoms with Crippen LogP contribution in [0.3, 0.4) is 0 Å². The Morgan fingerprint density at radius 2 is 1.50 bits per heavy atom. The molecule has 0 amide bonds. The average Bonchev–Trinajstić information content (AvgIpc) is 2.58. The van der Waals surface area contributed by atoms with Gasteiger partial charge in [-0.3, -0.25) is 0 Å². The number of carbonyl (C=O) groups is 2. The molecular formula is C22H30O6. The second kappa shape index (κ2) is 9.55. The number of carboxylic acids is 1. The van der Waals surface area contributed by atoms with Gasteiger partial charge in [-0.1, -0.05) is 23.3 Å². The van der Waals surface area contributed by atoms with E-state index in [0.717, 1.165) is 18.1 Å². The van der Waals surface area contributed by atoms with Crippen LogP contribution in [-0.2, 0) is 22.4 Å². The van der Waals surface area contributed by atoms with Gasteiger partial charge in [0.25, 0.3) is 0 Å². The fourth-order valence-electron chi connectivity index (χ4n) is 2.33. The maximum atomic E-state index is 12.6. The van der Waals surface area contributed by atoms with Crippen LogP contribution < -0.4 is 0 Å². The lowest BCUT2D eigenvalue weighted by Crippen LogP contribution is -2.47. The molecule has 0 aliphatic heterocycles. The number of phenolic OH excluding ortho intramolecular Hbond substituents is 1. The van der Waals surface area contributed by atoms with E-state index in [1.54, 1.807) is 0 Å². The van der Waals surface area contributed by atoms with Crippen molar-refractivity contribution in [3.8, 4) is 5.75 Å². The first-order chi connectivity index (χ1) is 12.9. The number of carboxylic acid groups (broad SMARTS) is 1. The summed E-state index contributed by atoms with van der Waals surface area (Å²) in [6.07, 6.45) is 3.51. The molecule has 0 heterocycles. The van der Waals surface area contributed by atoms with Gasteiger partial charge in [-0.25, -0.2) is 9.59 Å². The Morgan fingerprint density at radius 3 is 1.86 bits per heavy atom. The number of phenols is 1. The van der Waals surface area contributed by atoms with Crippen molar-refractivity contribution in [3.05, 3.63) is 52.1 Å². The Kier molecular flexibility index (Phi) is 8.00. The number of rotatable bonds is 8. The monoisotopic (exact) mass is 390 g/mol. The highest BCUT2D eigenvalue weighted by atomic mass is 16.6. The Labute approximate surface area is 166 Å². The minimum atomic E-state index is -2.21. The molecule has 0 fully saturated rings. The summed E-state index contributed by atoms with van der Waals surface area (Å²) in [6.45, 7) is 10.2. The van der Waals surface area contributed by atoms with Crippen LogP contribution in [0.2, 0.25) is 0 Å². The molecule has 6 nitrogen and oxygen atoms in total. The molecule has 6 heteroatoms. The third-order valence-corrected chi connectivity index (χ3v) is 4.47. The average molecular weight is 390 g/mol. The van der Waals surface area contributed by atoms with Crippen LogP contribution in [0.1, 0.15) is 63.0 Å². The summed E-state index contributed by atoms with van der Waals surface area (Å²) in [4.78, 5) is 23.7. The Bertz CT molecular complexity index is 752. The van der Waals surface area contributed by atoms with Crippen LogP contribution >= 0.6 is 0 Å². The van der Waals surface area contributed by atoms with Gasteiger partial charge in [0, 0.05) is 0 Å². The van der Waals surface area contributed by atoms with E-state index in [2.05, 4.69) is 0 Å². The third kappa shape index (κ3) is 6.23. The summed E-state index contributed by atoms with van der Waals surface area (Å²) in [5.41, 5.74) is 1.28. The number of allylic oxidation sites excluding steroid dienone is 4. The molecule has 2 atom stereocenters. The Balaban J connectivity index is 3.28. The molecule has 1 aromatic carbocycles. The topological polar surface area (TPSA) is 104 Å². The highest BCUT2D eigenvalue weighted by Gasteiger charge is 2.39. The molecule has 1 rings (SSSR count).